The van der Waals surface area contributed by atoms with Crippen molar-refractivity contribution in [2.24, 2.45) is 0 Å². The number of hydrogen-bond acceptors (Lipinski definition) is 4. The number of aryl methyl sites for hydroxylation is 2. The molecule has 4 aromatic rings. The quantitative estimate of drug-likeness (QED) is 0.569. The highest BCUT2D eigenvalue weighted by Gasteiger charge is 2.16. The molecular formula is C21H20N4O3. The van der Waals surface area contributed by atoms with Crippen molar-refractivity contribution in [1.29, 1.82) is 0 Å². The van der Waals surface area contributed by atoms with Gasteiger partial charge in [-0.15, -0.1) is 0 Å². The van der Waals surface area contributed by atoms with Crippen LogP contribution in [0.3, 0.4) is 0 Å². The highest BCUT2D eigenvalue weighted by molar-refractivity contribution is 5.89. The van der Waals surface area contributed by atoms with Crippen LogP contribution in [0.15, 0.2) is 52.0 Å². The minimum atomic E-state index is -0.299. The van der Waals surface area contributed by atoms with E-state index in [1.165, 1.54) is 6.92 Å². The number of anilines is 1. The van der Waals surface area contributed by atoms with Crippen LogP contribution in [-0.4, -0.2) is 20.6 Å². The van der Waals surface area contributed by atoms with E-state index in [-0.39, 0.29) is 17.2 Å². The van der Waals surface area contributed by atoms with Gasteiger partial charge in [0.05, 0.1) is 12.2 Å². The van der Waals surface area contributed by atoms with Crippen molar-refractivity contribution < 1.29 is 9.32 Å². The molecule has 28 heavy (non-hydrogen) atoms. The van der Waals surface area contributed by atoms with E-state index >= 15 is 0 Å². The average molecular weight is 376 g/mol. The van der Waals surface area contributed by atoms with Gasteiger partial charge >= 0.3 is 0 Å². The number of rotatable bonds is 4. The molecule has 3 aromatic heterocycles. The lowest BCUT2D eigenvalue weighted by atomic mass is 10.1. The Morgan fingerprint density at radius 2 is 2.11 bits per heavy atom. The lowest BCUT2D eigenvalue weighted by Gasteiger charge is -2.13. The summed E-state index contributed by atoms with van der Waals surface area (Å²) in [6.45, 7) is 5.42. The van der Waals surface area contributed by atoms with Gasteiger partial charge in [-0.2, -0.15) is 0 Å². The number of H-pyrrole nitrogens is 1. The molecule has 1 amide bonds. The summed E-state index contributed by atoms with van der Waals surface area (Å²) < 4.78 is 6.88. The van der Waals surface area contributed by atoms with Gasteiger partial charge in [-0.3, -0.25) is 9.59 Å². The Morgan fingerprint density at radius 3 is 2.82 bits per heavy atom. The van der Waals surface area contributed by atoms with Crippen LogP contribution in [0.25, 0.3) is 22.0 Å². The number of hydrogen-bond donors (Lipinski definition) is 2. The number of aromatic amines is 1. The molecule has 0 aliphatic heterocycles. The number of fused-ring (bicyclic) bond motifs is 1. The van der Waals surface area contributed by atoms with Crippen molar-refractivity contribution in [3.8, 4) is 11.1 Å². The Bertz CT molecular complexity index is 1230. The number of nitrogens with zero attached hydrogens (tertiary/aromatic N) is 2. The molecule has 3 heterocycles. The maximum Gasteiger partial charge on any atom is 0.274 e. The van der Waals surface area contributed by atoms with Crippen molar-refractivity contribution in [2.45, 2.75) is 27.3 Å². The van der Waals surface area contributed by atoms with E-state index in [4.69, 9.17) is 4.52 Å². The van der Waals surface area contributed by atoms with Crippen LogP contribution in [0, 0.1) is 13.8 Å². The van der Waals surface area contributed by atoms with Crippen molar-refractivity contribution in [3.63, 3.8) is 0 Å². The second-order valence-electron chi connectivity index (χ2n) is 6.81. The minimum absolute atomic E-state index is 0.228. The lowest BCUT2D eigenvalue weighted by molar-refractivity contribution is -0.114. The van der Waals surface area contributed by atoms with Crippen LogP contribution in [0.2, 0.25) is 0 Å². The summed E-state index contributed by atoms with van der Waals surface area (Å²) in [5.41, 5.74) is 4.29. The zero-order valence-electron chi connectivity index (χ0n) is 15.9. The zero-order chi connectivity index (χ0) is 19.8. The highest BCUT2D eigenvalue weighted by Crippen LogP contribution is 2.28. The molecule has 0 unspecified atom stereocenters. The van der Waals surface area contributed by atoms with Crippen LogP contribution >= 0.6 is 0 Å². The summed E-state index contributed by atoms with van der Waals surface area (Å²) >= 11 is 0. The molecule has 0 aliphatic rings. The summed E-state index contributed by atoms with van der Waals surface area (Å²) in [5.74, 6) is 0.358. The number of amides is 1. The number of carbonyl (C=O) groups is 1. The SMILES string of the molecule is CC(=O)Nc1cc(-c2c(C)noc2C)cn(Cc2cccc3[nH]ccc23)c1=O. The van der Waals surface area contributed by atoms with Crippen molar-refractivity contribution in [3.05, 3.63) is 70.1 Å². The predicted molar refractivity (Wildman–Crippen MR) is 107 cm³/mol. The van der Waals surface area contributed by atoms with E-state index in [1.807, 2.05) is 44.3 Å². The summed E-state index contributed by atoms with van der Waals surface area (Å²) in [7, 11) is 0. The van der Waals surface area contributed by atoms with Crippen LogP contribution in [0.1, 0.15) is 23.9 Å². The molecule has 0 atom stereocenters. The molecule has 4 rings (SSSR count). The Labute approximate surface area is 161 Å². The van der Waals surface area contributed by atoms with Gasteiger partial charge < -0.3 is 19.4 Å². The van der Waals surface area contributed by atoms with Gasteiger partial charge in [-0.25, -0.2) is 0 Å². The predicted octanol–water partition coefficient (Wildman–Crippen LogP) is 3.61. The van der Waals surface area contributed by atoms with Crippen LogP contribution in [0.4, 0.5) is 5.69 Å². The second-order valence-corrected chi connectivity index (χ2v) is 6.81. The first-order valence-corrected chi connectivity index (χ1v) is 8.94. The molecule has 0 bridgehead atoms. The smallest absolute Gasteiger partial charge is 0.274 e. The number of carbonyl (C=O) groups excluding carboxylic acids is 1. The van der Waals surface area contributed by atoms with Gasteiger partial charge in [0, 0.05) is 41.3 Å². The number of pyridine rings is 1. The Morgan fingerprint density at radius 1 is 1.29 bits per heavy atom. The fraction of sp³-hybridized carbons (Fsp3) is 0.190. The first kappa shape index (κ1) is 17.8. The molecule has 0 saturated heterocycles. The third-order valence-electron chi connectivity index (χ3n) is 4.74. The molecule has 142 valence electrons. The third kappa shape index (κ3) is 3.11. The Balaban J connectivity index is 1.88. The van der Waals surface area contributed by atoms with Crippen LogP contribution in [-0.2, 0) is 11.3 Å². The summed E-state index contributed by atoms with van der Waals surface area (Å²) in [6.07, 6.45) is 3.66. The molecule has 1 aromatic carbocycles. The van der Waals surface area contributed by atoms with E-state index in [0.29, 0.717) is 12.3 Å². The van der Waals surface area contributed by atoms with E-state index in [2.05, 4.69) is 15.5 Å². The molecule has 7 heteroatoms. The van der Waals surface area contributed by atoms with E-state index in [0.717, 1.165) is 33.3 Å². The molecule has 0 spiro atoms. The van der Waals surface area contributed by atoms with E-state index < -0.39 is 0 Å². The van der Waals surface area contributed by atoms with Gasteiger partial charge in [0.15, 0.2) is 0 Å². The fourth-order valence-corrected chi connectivity index (χ4v) is 3.54. The summed E-state index contributed by atoms with van der Waals surface area (Å²) in [4.78, 5) is 27.8. The number of benzene rings is 1. The molecular weight excluding hydrogens is 356 g/mol. The van der Waals surface area contributed by atoms with Gasteiger partial charge in [-0.05, 0) is 37.6 Å². The molecule has 2 N–H and O–H groups in total. The van der Waals surface area contributed by atoms with Gasteiger partial charge in [0.25, 0.3) is 5.56 Å². The average Bonchev–Trinajstić information content (AvgIpc) is 3.25. The number of aromatic nitrogens is 3. The minimum Gasteiger partial charge on any atom is -0.361 e. The molecule has 7 nitrogen and oxygen atoms in total. The molecule has 0 aliphatic carbocycles. The molecule has 0 fully saturated rings. The largest absolute Gasteiger partial charge is 0.361 e. The molecule has 0 saturated carbocycles. The van der Waals surface area contributed by atoms with Gasteiger partial charge in [-0.1, -0.05) is 17.3 Å². The maximum absolute atomic E-state index is 13.0. The molecule has 0 radical (unpaired) electrons. The van der Waals surface area contributed by atoms with Gasteiger partial charge in [0.2, 0.25) is 5.91 Å². The van der Waals surface area contributed by atoms with Crippen molar-refractivity contribution in [1.82, 2.24) is 14.7 Å². The Kier molecular flexibility index (Phi) is 4.35. The fourth-order valence-electron chi connectivity index (χ4n) is 3.54. The van der Waals surface area contributed by atoms with Crippen LogP contribution < -0.4 is 10.9 Å². The number of nitrogens with one attached hydrogen (secondary N) is 2. The van der Waals surface area contributed by atoms with Crippen molar-refractivity contribution >= 4 is 22.5 Å². The monoisotopic (exact) mass is 376 g/mol. The highest BCUT2D eigenvalue weighted by atomic mass is 16.5. The second kappa shape index (κ2) is 6.84. The first-order chi connectivity index (χ1) is 13.4. The standard InChI is InChI=1S/C21H20N4O3/c1-12-20(13(2)28-24-12)16-9-19(23-14(3)26)21(27)25(11-16)10-15-5-4-6-18-17(15)7-8-22-18/h4-9,11,22H,10H2,1-3H3,(H,23,26). The Hall–Kier alpha value is -3.61. The summed E-state index contributed by atoms with van der Waals surface area (Å²) in [5, 5.41) is 7.70. The lowest BCUT2D eigenvalue weighted by Crippen LogP contribution is -2.25. The topological polar surface area (TPSA) is 92.9 Å². The van der Waals surface area contributed by atoms with E-state index in [9.17, 15) is 9.59 Å². The van der Waals surface area contributed by atoms with Crippen LogP contribution in [0.5, 0.6) is 0 Å². The van der Waals surface area contributed by atoms with E-state index in [1.54, 1.807) is 16.8 Å². The van der Waals surface area contributed by atoms with Gasteiger partial charge in [0.1, 0.15) is 11.4 Å². The van der Waals surface area contributed by atoms with Crippen molar-refractivity contribution in [2.75, 3.05) is 5.32 Å². The maximum atomic E-state index is 13.0. The zero-order valence-corrected chi connectivity index (χ0v) is 15.9. The third-order valence-corrected chi connectivity index (χ3v) is 4.74. The summed E-state index contributed by atoms with van der Waals surface area (Å²) in [6, 6.07) is 9.59. The first-order valence-electron chi connectivity index (χ1n) is 8.94. The normalized spacial score (nSPS) is 11.1.